The Morgan fingerprint density at radius 2 is 2.19 bits per heavy atom. The molecule has 0 aliphatic carbocycles. The summed E-state index contributed by atoms with van der Waals surface area (Å²) in [5, 5.41) is 16.2. The smallest absolute Gasteiger partial charge is 0.326 e. The van der Waals surface area contributed by atoms with Crippen LogP contribution in [0.4, 0.5) is 0 Å². The predicted octanol–water partition coefficient (Wildman–Crippen LogP) is 0.647. The van der Waals surface area contributed by atoms with Gasteiger partial charge in [0, 0.05) is 25.3 Å². The van der Waals surface area contributed by atoms with Crippen LogP contribution in [0.25, 0.3) is 0 Å². The molecule has 2 rings (SSSR count). The molecule has 0 saturated carbocycles. The van der Waals surface area contributed by atoms with Gasteiger partial charge < -0.3 is 15.2 Å². The lowest BCUT2D eigenvalue weighted by molar-refractivity contribution is -0.142. The number of hydrogen-bond acceptors (Lipinski definition) is 4. The third-order valence-corrected chi connectivity index (χ3v) is 3.96. The van der Waals surface area contributed by atoms with E-state index < -0.39 is 17.9 Å². The molecule has 1 aliphatic heterocycles. The molecule has 1 amide bonds. The van der Waals surface area contributed by atoms with Gasteiger partial charge in [0.2, 0.25) is 0 Å². The monoisotopic (exact) mass is 295 g/mol. The van der Waals surface area contributed by atoms with Crippen molar-refractivity contribution in [3.05, 3.63) is 17.0 Å². The Morgan fingerprint density at radius 3 is 2.67 bits per heavy atom. The first-order valence-electron chi connectivity index (χ1n) is 7.03. The van der Waals surface area contributed by atoms with Gasteiger partial charge in [-0.1, -0.05) is 0 Å². The molecule has 1 aromatic heterocycles. The molecule has 21 heavy (non-hydrogen) atoms. The first kappa shape index (κ1) is 15.5. The number of aromatic nitrogens is 2. The van der Waals surface area contributed by atoms with E-state index in [1.807, 2.05) is 0 Å². The third-order valence-electron chi connectivity index (χ3n) is 3.96. The lowest BCUT2D eigenvalue weighted by Crippen LogP contribution is -2.48. The Kier molecular flexibility index (Phi) is 4.62. The normalized spacial score (nSPS) is 20.0. The van der Waals surface area contributed by atoms with Crippen molar-refractivity contribution < 1.29 is 19.4 Å². The largest absolute Gasteiger partial charge is 0.480 e. The van der Waals surface area contributed by atoms with Crippen LogP contribution >= 0.6 is 0 Å². The van der Waals surface area contributed by atoms with E-state index >= 15 is 0 Å². The Labute approximate surface area is 123 Å². The van der Waals surface area contributed by atoms with Crippen molar-refractivity contribution >= 4 is 11.9 Å². The van der Waals surface area contributed by atoms with Crippen molar-refractivity contribution in [1.82, 2.24) is 15.1 Å². The first-order valence-corrected chi connectivity index (χ1v) is 7.03. The van der Waals surface area contributed by atoms with Crippen LogP contribution < -0.4 is 5.32 Å². The molecule has 2 heterocycles. The fraction of sp³-hybridized carbons (Fsp3) is 0.643. The maximum absolute atomic E-state index is 12.4. The van der Waals surface area contributed by atoms with Crippen molar-refractivity contribution in [3.63, 3.8) is 0 Å². The van der Waals surface area contributed by atoms with Gasteiger partial charge in [0.05, 0.1) is 17.9 Å². The second kappa shape index (κ2) is 6.26. The highest BCUT2D eigenvalue weighted by atomic mass is 16.5. The number of aliphatic carboxylic acids is 1. The molecule has 2 atom stereocenters. The average Bonchev–Trinajstić information content (AvgIpc) is 2.70. The van der Waals surface area contributed by atoms with Crippen LogP contribution in [0.3, 0.4) is 0 Å². The molecule has 1 fully saturated rings. The number of amides is 1. The highest BCUT2D eigenvalue weighted by molar-refractivity contribution is 5.98. The summed E-state index contributed by atoms with van der Waals surface area (Å²) in [6.45, 7) is 4.54. The van der Waals surface area contributed by atoms with Gasteiger partial charge in [-0.3, -0.25) is 9.48 Å². The summed E-state index contributed by atoms with van der Waals surface area (Å²) < 4.78 is 6.94. The number of carbonyl (C=O) groups excluding carboxylic acids is 1. The van der Waals surface area contributed by atoms with Crippen molar-refractivity contribution in [2.45, 2.75) is 32.7 Å². The van der Waals surface area contributed by atoms with Crippen LogP contribution in [-0.2, 0) is 16.6 Å². The van der Waals surface area contributed by atoms with Gasteiger partial charge in [-0.2, -0.15) is 5.10 Å². The lowest BCUT2D eigenvalue weighted by Gasteiger charge is -2.28. The molecule has 0 bridgehead atoms. The van der Waals surface area contributed by atoms with E-state index in [4.69, 9.17) is 4.74 Å². The molecular formula is C14H21N3O4. The summed E-state index contributed by atoms with van der Waals surface area (Å²) in [5.41, 5.74) is 1.76. The molecular weight excluding hydrogens is 274 g/mol. The Morgan fingerprint density at radius 1 is 1.48 bits per heavy atom. The molecule has 1 saturated heterocycles. The summed E-state index contributed by atoms with van der Waals surface area (Å²) in [5.74, 6) is -1.62. The number of ether oxygens (including phenoxy) is 1. The first-order chi connectivity index (χ1) is 9.91. The predicted molar refractivity (Wildman–Crippen MR) is 75.1 cm³/mol. The minimum Gasteiger partial charge on any atom is -0.480 e. The van der Waals surface area contributed by atoms with Gasteiger partial charge in [0.15, 0.2) is 0 Å². The van der Waals surface area contributed by atoms with Crippen molar-refractivity contribution in [1.29, 1.82) is 0 Å². The van der Waals surface area contributed by atoms with Crippen molar-refractivity contribution in [2.24, 2.45) is 13.0 Å². The van der Waals surface area contributed by atoms with Crippen LogP contribution in [0.15, 0.2) is 0 Å². The Balaban J connectivity index is 2.16. The zero-order chi connectivity index (χ0) is 15.6. The number of hydrogen-bond donors (Lipinski definition) is 2. The summed E-state index contributed by atoms with van der Waals surface area (Å²) in [6.07, 6.45) is 1.55. The quantitative estimate of drug-likeness (QED) is 0.850. The van der Waals surface area contributed by atoms with E-state index in [-0.39, 0.29) is 5.92 Å². The van der Waals surface area contributed by atoms with E-state index in [0.29, 0.717) is 30.2 Å². The number of nitrogens with one attached hydrogen (secondary N) is 1. The molecule has 2 unspecified atom stereocenters. The van der Waals surface area contributed by atoms with Gasteiger partial charge >= 0.3 is 5.97 Å². The number of carboxylic acids is 1. The fourth-order valence-corrected chi connectivity index (χ4v) is 2.73. The molecule has 0 radical (unpaired) electrons. The van der Waals surface area contributed by atoms with Crippen LogP contribution in [0, 0.1) is 19.8 Å². The zero-order valence-electron chi connectivity index (χ0n) is 12.5. The number of carboxylic acid groups (broad SMARTS) is 1. The average molecular weight is 295 g/mol. The number of nitrogens with zero attached hydrogens (tertiary/aromatic N) is 2. The van der Waals surface area contributed by atoms with Crippen molar-refractivity contribution in [3.8, 4) is 0 Å². The lowest BCUT2D eigenvalue weighted by atomic mass is 9.93. The molecule has 116 valence electrons. The fourth-order valence-electron chi connectivity index (χ4n) is 2.73. The van der Waals surface area contributed by atoms with Crippen LogP contribution in [0.5, 0.6) is 0 Å². The highest BCUT2D eigenvalue weighted by Crippen LogP contribution is 2.19. The minimum absolute atomic E-state index is 0.197. The number of rotatable bonds is 4. The molecule has 0 aromatic carbocycles. The Bertz CT molecular complexity index is 547. The number of carbonyl (C=O) groups is 2. The van der Waals surface area contributed by atoms with Crippen LogP contribution in [-0.4, -0.2) is 46.0 Å². The maximum Gasteiger partial charge on any atom is 0.326 e. The Hall–Kier alpha value is -1.89. The molecule has 7 nitrogen and oxygen atoms in total. The summed E-state index contributed by atoms with van der Waals surface area (Å²) >= 11 is 0. The topological polar surface area (TPSA) is 93.5 Å². The summed E-state index contributed by atoms with van der Waals surface area (Å²) in [6, 6.07) is -0.934. The minimum atomic E-state index is -1.03. The maximum atomic E-state index is 12.4. The van der Waals surface area contributed by atoms with Gasteiger partial charge in [0.25, 0.3) is 5.91 Å². The van der Waals surface area contributed by atoms with Crippen LogP contribution in [0.2, 0.25) is 0 Å². The highest BCUT2D eigenvalue weighted by Gasteiger charge is 2.32. The molecule has 1 aromatic rings. The summed E-state index contributed by atoms with van der Waals surface area (Å²) in [7, 11) is 1.75. The zero-order valence-corrected chi connectivity index (χ0v) is 12.5. The standard InChI is InChI=1S/C14H21N3O4/c1-8-11(9(2)17(3)16-8)13(18)15-12(14(19)20)10-5-4-6-21-7-10/h10,12H,4-7H2,1-3H3,(H,15,18)(H,19,20). The van der Waals surface area contributed by atoms with E-state index in [0.717, 1.165) is 12.8 Å². The van der Waals surface area contributed by atoms with Crippen molar-refractivity contribution in [2.75, 3.05) is 13.2 Å². The van der Waals surface area contributed by atoms with Crippen LogP contribution in [0.1, 0.15) is 34.6 Å². The molecule has 7 heteroatoms. The van der Waals surface area contributed by atoms with E-state index in [2.05, 4.69) is 10.4 Å². The van der Waals surface area contributed by atoms with Gasteiger partial charge in [0.1, 0.15) is 6.04 Å². The van der Waals surface area contributed by atoms with Gasteiger partial charge in [-0.15, -0.1) is 0 Å². The second-order valence-electron chi connectivity index (χ2n) is 5.44. The number of aryl methyl sites for hydroxylation is 2. The SMILES string of the molecule is Cc1nn(C)c(C)c1C(=O)NC(C(=O)O)C1CCCOC1. The molecule has 0 spiro atoms. The van der Waals surface area contributed by atoms with E-state index in [9.17, 15) is 14.7 Å². The summed E-state index contributed by atoms with van der Waals surface area (Å²) in [4.78, 5) is 23.8. The van der Waals surface area contributed by atoms with E-state index in [1.54, 1.807) is 25.6 Å². The second-order valence-corrected chi connectivity index (χ2v) is 5.44. The van der Waals surface area contributed by atoms with E-state index in [1.165, 1.54) is 0 Å². The third kappa shape index (κ3) is 3.24. The van der Waals surface area contributed by atoms with Gasteiger partial charge in [-0.05, 0) is 26.7 Å². The molecule has 1 aliphatic rings. The molecule has 2 N–H and O–H groups in total. The van der Waals surface area contributed by atoms with Gasteiger partial charge in [-0.25, -0.2) is 4.79 Å².